The molecule has 3 rings (SSSR count). The molecular weight excluding hydrogens is 284 g/mol. The van der Waals surface area contributed by atoms with Crippen LogP contribution < -0.4 is 5.32 Å². The highest BCUT2D eigenvalue weighted by atomic mass is 16.1. The maximum Gasteiger partial charge on any atom is 0.228 e. The molecule has 0 unspecified atom stereocenters. The minimum atomic E-state index is -0.0165. The molecule has 0 spiro atoms. The highest BCUT2D eigenvalue weighted by Crippen LogP contribution is 2.20. The number of amides is 1. The predicted molar refractivity (Wildman–Crippen MR) is 94.7 cm³/mol. The van der Waals surface area contributed by atoms with Crippen LogP contribution in [0.5, 0.6) is 0 Å². The first kappa shape index (κ1) is 15.2. The Morgan fingerprint density at radius 3 is 2.48 bits per heavy atom. The third-order valence-electron chi connectivity index (χ3n) is 3.97. The lowest BCUT2D eigenvalue weighted by Crippen LogP contribution is -2.16. The minimum absolute atomic E-state index is 0.0165. The van der Waals surface area contributed by atoms with Crippen molar-refractivity contribution < 1.29 is 4.79 Å². The van der Waals surface area contributed by atoms with Crippen molar-refractivity contribution in [3.63, 3.8) is 0 Å². The van der Waals surface area contributed by atoms with E-state index in [-0.39, 0.29) is 5.91 Å². The van der Waals surface area contributed by atoms with Gasteiger partial charge in [0.2, 0.25) is 5.91 Å². The summed E-state index contributed by atoms with van der Waals surface area (Å²) in [6.45, 7) is 5.87. The third-order valence-corrected chi connectivity index (χ3v) is 3.97. The lowest BCUT2D eigenvalue weighted by atomic mass is 10.0. The van der Waals surface area contributed by atoms with Gasteiger partial charge in [0.05, 0.1) is 17.8 Å². The van der Waals surface area contributed by atoms with Crippen LogP contribution in [0.25, 0.3) is 10.8 Å². The number of rotatable bonds is 3. The zero-order valence-corrected chi connectivity index (χ0v) is 13.7. The van der Waals surface area contributed by atoms with Gasteiger partial charge in [-0.3, -0.25) is 9.78 Å². The zero-order chi connectivity index (χ0) is 16.4. The molecule has 0 radical (unpaired) electrons. The number of carbonyl (C=O) groups is 1. The lowest BCUT2D eigenvalue weighted by Gasteiger charge is -2.12. The number of aryl methyl sites for hydroxylation is 3. The fourth-order valence-corrected chi connectivity index (χ4v) is 2.93. The van der Waals surface area contributed by atoms with E-state index in [4.69, 9.17) is 0 Å². The molecule has 0 atom stereocenters. The molecule has 1 amide bonds. The number of pyridine rings is 1. The summed E-state index contributed by atoms with van der Waals surface area (Å²) < 4.78 is 0. The van der Waals surface area contributed by atoms with Crippen LogP contribution in [-0.4, -0.2) is 10.9 Å². The number of fused-ring (bicyclic) bond motifs is 1. The minimum Gasteiger partial charge on any atom is -0.324 e. The summed E-state index contributed by atoms with van der Waals surface area (Å²) in [5.74, 6) is -0.0165. The summed E-state index contributed by atoms with van der Waals surface area (Å²) in [7, 11) is 0. The molecule has 3 nitrogen and oxygen atoms in total. The van der Waals surface area contributed by atoms with Crippen molar-refractivity contribution in [3.8, 4) is 0 Å². The molecule has 3 aromatic rings. The Morgan fingerprint density at radius 1 is 1.00 bits per heavy atom. The van der Waals surface area contributed by atoms with Gasteiger partial charge in [0, 0.05) is 5.69 Å². The fraction of sp³-hybridized carbons (Fsp3) is 0.200. The molecule has 1 heterocycles. The van der Waals surface area contributed by atoms with Gasteiger partial charge in [-0.2, -0.15) is 0 Å². The summed E-state index contributed by atoms with van der Waals surface area (Å²) in [6, 6.07) is 16.3. The average molecular weight is 304 g/mol. The van der Waals surface area contributed by atoms with Gasteiger partial charge in [0.25, 0.3) is 0 Å². The molecule has 0 aliphatic rings. The van der Waals surface area contributed by atoms with Gasteiger partial charge in [0.1, 0.15) is 0 Å². The van der Waals surface area contributed by atoms with Gasteiger partial charge in [-0.05, 0) is 48.7 Å². The Morgan fingerprint density at radius 2 is 1.74 bits per heavy atom. The van der Waals surface area contributed by atoms with Crippen LogP contribution in [0.2, 0.25) is 0 Å². The number of hydrogen-bond donors (Lipinski definition) is 1. The maximum atomic E-state index is 12.4. The largest absolute Gasteiger partial charge is 0.324 e. The van der Waals surface area contributed by atoms with Crippen molar-refractivity contribution >= 4 is 22.4 Å². The lowest BCUT2D eigenvalue weighted by molar-refractivity contribution is -0.115. The summed E-state index contributed by atoms with van der Waals surface area (Å²) in [4.78, 5) is 16.8. The van der Waals surface area contributed by atoms with Crippen LogP contribution >= 0.6 is 0 Å². The zero-order valence-electron chi connectivity index (χ0n) is 13.7. The number of aromatic nitrogens is 1. The smallest absolute Gasteiger partial charge is 0.228 e. The molecule has 0 aliphatic carbocycles. The maximum absolute atomic E-state index is 12.4. The summed E-state index contributed by atoms with van der Waals surface area (Å²) in [5, 5.41) is 5.34. The predicted octanol–water partition coefficient (Wildman–Crippen LogP) is 4.34. The molecule has 23 heavy (non-hydrogen) atoms. The number of hydrogen-bond acceptors (Lipinski definition) is 2. The topological polar surface area (TPSA) is 42.0 Å². The quantitative estimate of drug-likeness (QED) is 0.782. The van der Waals surface area contributed by atoms with E-state index in [1.165, 1.54) is 5.39 Å². The standard InChI is InChI=1S/C20H20N2O/c1-13-10-14(2)21-15(3)20(13)22-19(23)12-16-8-9-17-6-4-5-7-18(17)11-16/h4-11H,12H2,1-3H3,(H,22,23). The van der Waals surface area contributed by atoms with Gasteiger partial charge >= 0.3 is 0 Å². The van der Waals surface area contributed by atoms with Crippen LogP contribution in [0.4, 0.5) is 5.69 Å². The van der Waals surface area contributed by atoms with E-state index in [1.54, 1.807) is 0 Å². The molecule has 0 saturated carbocycles. The van der Waals surface area contributed by atoms with Crippen LogP contribution in [0.1, 0.15) is 22.5 Å². The summed E-state index contributed by atoms with van der Waals surface area (Å²) >= 11 is 0. The van der Waals surface area contributed by atoms with E-state index in [9.17, 15) is 4.79 Å². The van der Waals surface area contributed by atoms with Gasteiger partial charge in [-0.25, -0.2) is 0 Å². The van der Waals surface area contributed by atoms with E-state index >= 15 is 0 Å². The Bertz CT molecular complexity index is 861. The van der Waals surface area contributed by atoms with Crippen molar-refractivity contribution in [1.29, 1.82) is 0 Å². The Hall–Kier alpha value is -2.68. The number of carbonyl (C=O) groups excluding carboxylic acids is 1. The second-order valence-electron chi connectivity index (χ2n) is 5.95. The van der Waals surface area contributed by atoms with Crippen LogP contribution in [0, 0.1) is 20.8 Å². The molecule has 3 heteroatoms. The molecule has 116 valence electrons. The second kappa shape index (κ2) is 6.21. The summed E-state index contributed by atoms with van der Waals surface area (Å²) in [5.41, 5.74) is 4.70. The van der Waals surface area contributed by atoms with E-state index in [0.717, 1.165) is 33.6 Å². The molecule has 0 fully saturated rings. The van der Waals surface area contributed by atoms with Gasteiger partial charge in [0.15, 0.2) is 0 Å². The first-order valence-electron chi connectivity index (χ1n) is 7.75. The molecule has 1 aromatic heterocycles. The fourth-order valence-electron chi connectivity index (χ4n) is 2.93. The Kier molecular flexibility index (Phi) is 4.11. The molecular formula is C20H20N2O. The van der Waals surface area contributed by atoms with Crippen LogP contribution in [-0.2, 0) is 11.2 Å². The number of nitrogens with zero attached hydrogens (tertiary/aromatic N) is 1. The average Bonchev–Trinajstić information content (AvgIpc) is 2.51. The number of benzene rings is 2. The first-order valence-corrected chi connectivity index (χ1v) is 7.75. The molecule has 2 aromatic carbocycles. The van der Waals surface area contributed by atoms with Gasteiger partial charge in [-0.15, -0.1) is 0 Å². The van der Waals surface area contributed by atoms with E-state index in [2.05, 4.69) is 34.6 Å². The second-order valence-corrected chi connectivity index (χ2v) is 5.95. The number of nitrogens with one attached hydrogen (secondary N) is 1. The van der Waals surface area contributed by atoms with E-state index < -0.39 is 0 Å². The third kappa shape index (κ3) is 3.39. The van der Waals surface area contributed by atoms with E-state index in [1.807, 2.05) is 45.0 Å². The highest BCUT2D eigenvalue weighted by molar-refractivity contribution is 5.94. The monoisotopic (exact) mass is 304 g/mol. The Labute approximate surface area is 136 Å². The van der Waals surface area contributed by atoms with Crippen molar-refractivity contribution in [1.82, 2.24) is 4.98 Å². The number of anilines is 1. The Balaban J connectivity index is 1.78. The van der Waals surface area contributed by atoms with Crippen LogP contribution in [0.15, 0.2) is 48.5 Å². The first-order chi connectivity index (χ1) is 11.0. The van der Waals surface area contributed by atoms with Crippen molar-refractivity contribution in [2.24, 2.45) is 0 Å². The van der Waals surface area contributed by atoms with E-state index in [0.29, 0.717) is 6.42 Å². The molecule has 1 N–H and O–H groups in total. The van der Waals surface area contributed by atoms with Crippen LogP contribution in [0.3, 0.4) is 0 Å². The van der Waals surface area contributed by atoms with Gasteiger partial charge in [-0.1, -0.05) is 42.5 Å². The molecule has 0 aliphatic heterocycles. The molecule has 0 saturated heterocycles. The van der Waals surface area contributed by atoms with Crippen molar-refractivity contribution in [2.75, 3.05) is 5.32 Å². The van der Waals surface area contributed by atoms with Crippen molar-refractivity contribution in [2.45, 2.75) is 27.2 Å². The van der Waals surface area contributed by atoms with Crippen molar-refractivity contribution in [3.05, 3.63) is 71.0 Å². The SMILES string of the molecule is Cc1cc(C)c(NC(=O)Cc2ccc3ccccc3c2)c(C)n1. The van der Waals surface area contributed by atoms with Gasteiger partial charge < -0.3 is 5.32 Å². The normalized spacial score (nSPS) is 10.7. The summed E-state index contributed by atoms with van der Waals surface area (Å²) in [6.07, 6.45) is 0.359. The highest BCUT2D eigenvalue weighted by Gasteiger charge is 2.10. The molecule has 0 bridgehead atoms.